The van der Waals surface area contributed by atoms with Crippen LogP contribution in [-0.4, -0.2) is 22.1 Å². The van der Waals surface area contributed by atoms with Crippen molar-refractivity contribution in [3.8, 4) is 11.6 Å². The number of anilines is 1. The van der Waals surface area contributed by atoms with Gasteiger partial charge in [-0.1, -0.05) is 18.1 Å². The Kier molecular flexibility index (Phi) is 4.43. The lowest BCUT2D eigenvalue weighted by atomic mass is 10.2. The van der Waals surface area contributed by atoms with Gasteiger partial charge in [-0.3, -0.25) is 4.79 Å². The number of nitrogens with one attached hydrogen (secondary N) is 1. The second-order valence-electron chi connectivity index (χ2n) is 5.39. The zero-order chi connectivity index (χ0) is 17.1. The molecule has 0 radical (unpaired) electrons. The van der Waals surface area contributed by atoms with Crippen LogP contribution in [0.5, 0.6) is 11.6 Å². The van der Waals surface area contributed by atoms with E-state index in [1.807, 2.05) is 32.0 Å². The topological polar surface area (TPSA) is 103 Å². The monoisotopic (exact) mass is 326 g/mol. The van der Waals surface area contributed by atoms with E-state index in [1.165, 1.54) is 6.20 Å². The zero-order valence-electron chi connectivity index (χ0n) is 13.4. The Labute approximate surface area is 138 Å². The third kappa shape index (κ3) is 3.21. The molecular weight excluding hydrogens is 308 g/mol. The average molecular weight is 326 g/mol. The quantitative estimate of drug-likeness (QED) is 0.747. The molecule has 2 aromatic heterocycles. The maximum atomic E-state index is 11.8. The van der Waals surface area contributed by atoms with Crippen molar-refractivity contribution in [1.29, 1.82) is 0 Å². The lowest BCUT2D eigenvalue weighted by Crippen LogP contribution is -2.34. The van der Waals surface area contributed by atoms with Crippen molar-refractivity contribution < 1.29 is 14.1 Å². The molecule has 3 aromatic rings. The fraction of sp³-hybridized carbons (Fsp3) is 0.235. The number of aryl methyl sites for hydroxylation is 1. The normalized spacial score (nSPS) is 12.1. The van der Waals surface area contributed by atoms with Gasteiger partial charge in [-0.15, -0.1) is 0 Å². The van der Waals surface area contributed by atoms with Crippen LogP contribution in [0.1, 0.15) is 19.0 Å². The van der Waals surface area contributed by atoms with Gasteiger partial charge in [0.15, 0.2) is 5.58 Å². The van der Waals surface area contributed by atoms with Crippen molar-refractivity contribution in [2.24, 2.45) is 5.73 Å². The summed E-state index contributed by atoms with van der Waals surface area (Å²) >= 11 is 0. The van der Waals surface area contributed by atoms with E-state index in [4.69, 9.17) is 15.0 Å². The number of nitrogens with zero attached hydrogens (tertiary/aromatic N) is 2. The summed E-state index contributed by atoms with van der Waals surface area (Å²) in [5.41, 5.74) is 7.65. The highest BCUT2D eigenvalue weighted by Crippen LogP contribution is 2.31. The van der Waals surface area contributed by atoms with Crippen molar-refractivity contribution in [3.05, 3.63) is 42.2 Å². The van der Waals surface area contributed by atoms with Gasteiger partial charge in [0.05, 0.1) is 29.0 Å². The molecule has 1 aromatic carbocycles. The number of aromatic nitrogens is 2. The third-order valence-corrected chi connectivity index (χ3v) is 3.63. The van der Waals surface area contributed by atoms with Gasteiger partial charge >= 0.3 is 0 Å². The Balaban J connectivity index is 1.76. The molecule has 1 atom stereocenters. The van der Waals surface area contributed by atoms with Gasteiger partial charge in [0.25, 0.3) is 0 Å². The van der Waals surface area contributed by atoms with Crippen molar-refractivity contribution in [3.63, 3.8) is 0 Å². The van der Waals surface area contributed by atoms with Gasteiger partial charge in [0, 0.05) is 6.07 Å². The Hall–Kier alpha value is -2.93. The van der Waals surface area contributed by atoms with Gasteiger partial charge < -0.3 is 20.3 Å². The number of carbonyl (C=O) groups is 1. The first kappa shape index (κ1) is 15.9. The molecule has 0 bridgehead atoms. The summed E-state index contributed by atoms with van der Waals surface area (Å²) in [6.07, 6.45) is 2.10. The number of fused-ring (bicyclic) bond motifs is 1. The molecule has 0 aliphatic rings. The van der Waals surface area contributed by atoms with Crippen molar-refractivity contribution in [2.75, 3.05) is 5.32 Å². The number of rotatable bonds is 5. The minimum atomic E-state index is -0.532. The summed E-state index contributed by atoms with van der Waals surface area (Å²) in [7, 11) is 0. The van der Waals surface area contributed by atoms with Crippen LogP contribution in [0.4, 0.5) is 5.69 Å². The molecule has 0 saturated carbocycles. The van der Waals surface area contributed by atoms with Crippen LogP contribution < -0.4 is 15.8 Å². The molecule has 124 valence electrons. The van der Waals surface area contributed by atoms with E-state index in [0.717, 1.165) is 11.1 Å². The van der Waals surface area contributed by atoms with Gasteiger partial charge in [-0.05, 0) is 31.5 Å². The van der Waals surface area contributed by atoms with E-state index in [2.05, 4.69) is 15.5 Å². The van der Waals surface area contributed by atoms with E-state index in [1.54, 1.807) is 12.1 Å². The zero-order valence-corrected chi connectivity index (χ0v) is 13.4. The van der Waals surface area contributed by atoms with E-state index < -0.39 is 6.04 Å². The lowest BCUT2D eigenvalue weighted by molar-refractivity contribution is -0.117. The minimum absolute atomic E-state index is 0.238. The SMILES string of the molecule is CC[C@@H](N)C(=O)Nc1ccc(Oc2cccc3onc(C)c23)nc1. The maximum absolute atomic E-state index is 11.8. The van der Waals surface area contributed by atoms with Crippen LogP contribution >= 0.6 is 0 Å². The summed E-state index contributed by atoms with van der Waals surface area (Å²) in [5.74, 6) is 0.780. The predicted octanol–water partition coefficient (Wildman–Crippen LogP) is 3.00. The molecule has 7 heteroatoms. The smallest absolute Gasteiger partial charge is 0.241 e. The Bertz CT molecular complexity index is 858. The highest BCUT2D eigenvalue weighted by molar-refractivity contribution is 5.94. The summed E-state index contributed by atoms with van der Waals surface area (Å²) in [5, 5.41) is 7.46. The fourth-order valence-electron chi connectivity index (χ4n) is 2.24. The van der Waals surface area contributed by atoms with Crippen LogP contribution in [0.15, 0.2) is 41.1 Å². The molecule has 7 nitrogen and oxygen atoms in total. The Morgan fingerprint density at radius 2 is 2.21 bits per heavy atom. The number of pyridine rings is 1. The molecule has 3 rings (SSSR count). The third-order valence-electron chi connectivity index (χ3n) is 3.63. The van der Waals surface area contributed by atoms with Crippen LogP contribution in [0.25, 0.3) is 11.0 Å². The molecule has 2 heterocycles. The molecule has 0 fully saturated rings. The standard InChI is InChI=1S/C17H18N4O3/c1-3-12(18)17(22)20-11-7-8-15(19-9-11)23-13-5-4-6-14-16(13)10(2)21-24-14/h4-9,12H,3,18H2,1-2H3,(H,20,22)/t12-/m1/s1. The van der Waals surface area contributed by atoms with E-state index in [0.29, 0.717) is 29.3 Å². The highest BCUT2D eigenvalue weighted by Gasteiger charge is 2.13. The minimum Gasteiger partial charge on any atom is -0.438 e. The van der Waals surface area contributed by atoms with Crippen LogP contribution in [0, 0.1) is 6.92 Å². The van der Waals surface area contributed by atoms with Crippen LogP contribution in [-0.2, 0) is 4.79 Å². The Morgan fingerprint density at radius 1 is 1.38 bits per heavy atom. The molecule has 3 N–H and O–H groups in total. The summed E-state index contributed by atoms with van der Waals surface area (Å²) in [6.45, 7) is 3.70. The van der Waals surface area contributed by atoms with E-state index in [-0.39, 0.29) is 5.91 Å². The van der Waals surface area contributed by atoms with Crippen molar-refractivity contribution >= 4 is 22.6 Å². The average Bonchev–Trinajstić information content (AvgIpc) is 2.98. The number of hydrogen-bond acceptors (Lipinski definition) is 6. The second-order valence-corrected chi connectivity index (χ2v) is 5.39. The molecule has 0 aliphatic carbocycles. The van der Waals surface area contributed by atoms with Gasteiger partial charge in [0.2, 0.25) is 11.8 Å². The molecule has 24 heavy (non-hydrogen) atoms. The van der Waals surface area contributed by atoms with Crippen LogP contribution in [0.2, 0.25) is 0 Å². The lowest BCUT2D eigenvalue weighted by Gasteiger charge is -2.10. The number of benzene rings is 1. The van der Waals surface area contributed by atoms with Gasteiger partial charge in [-0.2, -0.15) is 0 Å². The largest absolute Gasteiger partial charge is 0.438 e. The molecule has 0 saturated heterocycles. The van der Waals surface area contributed by atoms with Gasteiger partial charge in [0.1, 0.15) is 5.75 Å². The summed E-state index contributed by atoms with van der Waals surface area (Å²) in [4.78, 5) is 16.0. The number of ether oxygens (including phenoxy) is 1. The fourth-order valence-corrected chi connectivity index (χ4v) is 2.24. The molecule has 0 spiro atoms. The molecule has 0 unspecified atom stereocenters. The number of carbonyl (C=O) groups excluding carboxylic acids is 1. The Morgan fingerprint density at radius 3 is 2.92 bits per heavy atom. The first-order valence-electron chi connectivity index (χ1n) is 7.64. The second kappa shape index (κ2) is 6.67. The number of hydrogen-bond donors (Lipinski definition) is 2. The molecule has 1 amide bonds. The first-order valence-corrected chi connectivity index (χ1v) is 7.64. The van der Waals surface area contributed by atoms with Crippen molar-refractivity contribution in [2.45, 2.75) is 26.3 Å². The summed E-state index contributed by atoms with van der Waals surface area (Å²) < 4.78 is 11.0. The summed E-state index contributed by atoms with van der Waals surface area (Å²) in [6, 6.07) is 8.33. The number of amides is 1. The molecular formula is C17H18N4O3. The van der Waals surface area contributed by atoms with Crippen molar-refractivity contribution in [1.82, 2.24) is 10.1 Å². The van der Waals surface area contributed by atoms with Gasteiger partial charge in [-0.25, -0.2) is 4.98 Å². The molecule has 0 aliphatic heterocycles. The predicted molar refractivity (Wildman–Crippen MR) is 90.0 cm³/mol. The van der Waals surface area contributed by atoms with E-state index in [9.17, 15) is 4.79 Å². The van der Waals surface area contributed by atoms with Crippen LogP contribution in [0.3, 0.4) is 0 Å². The number of nitrogens with two attached hydrogens (primary N) is 1. The maximum Gasteiger partial charge on any atom is 0.241 e. The van der Waals surface area contributed by atoms with E-state index >= 15 is 0 Å². The highest BCUT2D eigenvalue weighted by atomic mass is 16.5. The first-order chi connectivity index (χ1) is 11.6.